The summed E-state index contributed by atoms with van der Waals surface area (Å²) in [5.41, 5.74) is 8.38. The summed E-state index contributed by atoms with van der Waals surface area (Å²) in [6, 6.07) is 5.50. The number of hydrogen-bond donors (Lipinski definition) is 1. The molecule has 2 N–H and O–H groups in total. The molecular formula is C14H18N2O2. The van der Waals surface area contributed by atoms with Crippen LogP contribution in [0, 0.1) is 0 Å². The van der Waals surface area contributed by atoms with Gasteiger partial charge in [0, 0.05) is 5.69 Å². The van der Waals surface area contributed by atoms with Crippen molar-refractivity contribution in [1.82, 2.24) is 0 Å². The Morgan fingerprint density at radius 3 is 2.78 bits per heavy atom. The first-order valence-corrected chi connectivity index (χ1v) is 5.92. The van der Waals surface area contributed by atoms with Gasteiger partial charge in [0.15, 0.2) is 0 Å². The number of methoxy groups -OCH3 is 1. The first kappa shape index (κ1) is 14.0. The van der Waals surface area contributed by atoms with Crippen LogP contribution in [0.25, 0.3) is 0 Å². The molecule has 0 unspecified atom stereocenters. The molecular weight excluding hydrogens is 228 g/mol. The summed E-state index contributed by atoms with van der Waals surface area (Å²) in [7, 11) is 1.34. The molecule has 0 amide bonds. The summed E-state index contributed by atoms with van der Waals surface area (Å²) in [6.07, 6.45) is 4.29. The van der Waals surface area contributed by atoms with E-state index >= 15 is 0 Å². The van der Waals surface area contributed by atoms with Gasteiger partial charge in [0.25, 0.3) is 0 Å². The molecule has 2 rings (SSSR count). The van der Waals surface area contributed by atoms with E-state index in [-0.39, 0.29) is 0 Å². The number of nitrogens with zero attached hydrogens (tertiary/aromatic N) is 1. The van der Waals surface area contributed by atoms with E-state index in [1.807, 2.05) is 32.1 Å². The van der Waals surface area contributed by atoms with Gasteiger partial charge in [-0.3, -0.25) is 0 Å². The number of ether oxygens (including phenoxy) is 1. The van der Waals surface area contributed by atoms with Crippen LogP contribution >= 0.6 is 0 Å². The predicted molar refractivity (Wildman–Crippen MR) is 74.2 cm³/mol. The van der Waals surface area contributed by atoms with Gasteiger partial charge in [-0.15, -0.1) is 0 Å². The third kappa shape index (κ3) is 3.20. The number of allylic oxidation sites excluding steroid dienone is 1. The lowest BCUT2D eigenvalue weighted by Crippen LogP contribution is -2.12. The van der Waals surface area contributed by atoms with E-state index in [9.17, 15) is 4.79 Å². The van der Waals surface area contributed by atoms with Crippen LogP contribution in [0.1, 0.15) is 19.4 Å². The first-order valence-electron chi connectivity index (χ1n) is 5.92. The van der Waals surface area contributed by atoms with E-state index in [1.165, 1.54) is 7.11 Å². The van der Waals surface area contributed by atoms with E-state index in [0.29, 0.717) is 11.4 Å². The second-order valence-corrected chi connectivity index (χ2v) is 3.48. The standard InChI is InChI=1S/C12H12N2O2.C2H6/c1-16-12(15)10-4-2-3-8-5-6-9(13)7-11(8)14-10;1-2/h2,4-7H,3,13H2,1H3;1-2H3. The van der Waals surface area contributed by atoms with Crippen LogP contribution in [-0.4, -0.2) is 18.8 Å². The molecule has 18 heavy (non-hydrogen) atoms. The van der Waals surface area contributed by atoms with Gasteiger partial charge < -0.3 is 10.5 Å². The molecule has 4 heteroatoms. The van der Waals surface area contributed by atoms with Crippen molar-refractivity contribution in [1.29, 1.82) is 0 Å². The fourth-order valence-electron chi connectivity index (χ4n) is 1.54. The van der Waals surface area contributed by atoms with Crippen molar-refractivity contribution in [3.8, 4) is 0 Å². The van der Waals surface area contributed by atoms with E-state index < -0.39 is 5.97 Å². The highest BCUT2D eigenvalue weighted by atomic mass is 16.5. The van der Waals surface area contributed by atoms with Crippen LogP contribution in [0.15, 0.2) is 35.3 Å². The van der Waals surface area contributed by atoms with Gasteiger partial charge in [0.2, 0.25) is 0 Å². The van der Waals surface area contributed by atoms with Crippen molar-refractivity contribution >= 4 is 23.1 Å². The zero-order valence-electron chi connectivity index (χ0n) is 10.9. The van der Waals surface area contributed by atoms with Crippen molar-refractivity contribution in [2.45, 2.75) is 20.3 Å². The molecule has 0 radical (unpaired) electrons. The monoisotopic (exact) mass is 246 g/mol. The maximum Gasteiger partial charge on any atom is 0.356 e. The average molecular weight is 246 g/mol. The molecule has 1 aromatic carbocycles. The molecule has 0 aliphatic carbocycles. The molecule has 4 nitrogen and oxygen atoms in total. The Balaban J connectivity index is 0.000000771. The Bertz CT molecular complexity index is 491. The van der Waals surface area contributed by atoms with Gasteiger partial charge in [-0.25, -0.2) is 9.79 Å². The molecule has 1 aromatic rings. The number of nitrogen functional groups attached to an aromatic ring is 1. The Morgan fingerprint density at radius 2 is 2.11 bits per heavy atom. The smallest absolute Gasteiger partial charge is 0.356 e. The number of nitrogens with two attached hydrogens (primary N) is 1. The zero-order chi connectivity index (χ0) is 13.5. The van der Waals surface area contributed by atoms with Crippen molar-refractivity contribution in [3.63, 3.8) is 0 Å². The summed E-state index contributed by atoms with van der Waals surface area (Å²) >= 11 is 0. The molecule has 0 fully saturated rings. The summed E-state index contributed by atoms with van der Waals surface area (Å²) in [5.74, 6) is -0.438. The van der Waals surface area contributed by atoms with Gasteiger partial charge in [-0.05, 0) is 30.2 Å². The lowest BCUT2D eigenvalue weighted by Gasteiger charge is -2.03. The van der Waals surface area contributed by atoms with Crippen LogP contribution in [-0.2, 0) is 16.0 Å². The number of fused-ring (bicyclic) bond motifs is 1. The summed E-state index contributed by atoms with van der Waals surface area (Å²) in [6.45, 7) is 4.00. The molecule has 0 spiro atoms. The number of benzene rings is 1. The molecule has 1 aliphatic heterocycles. The summed E-state index contributed by atoms with van der Waals surface area (Å²) < 4.78 is 4.64. The maximum absolute atomic E-state index is 11.4. The Morgan fingerprint density at radius 1 is 1.39 bits per heavy atom. The Labute approximate surface area is 107 Å². The van der Waals surface area contributed by atoms with Gasteiger partial charge in [0.1, 0.15) is 5.71 Å². The van der Waals surface area contributed by atoms with Crippen molar-refractivity contribution < 1.29 is 9.53 Å². The Kier molecular flexibility index (Phi) is 5.11. The number of carbonyl (C=O) groups excluding carboxylic acids is 1. The van der Waals surface area contributed by atoms with Gasteiger partial charge in [-0.1, -0.05) is 26.0 Å². The van der Waals surface area contributed by atoms with E-state index in [0.717, 1.165) is 17.7 Å². The highest BCUT2D eigenvalue weighted by molar-refractivity contribution is 6.41. The Hall–Kier alpha value is -2.10. The number of anilines is 1. The van der Waals surface area contributed by atoms with Gasteiger partial charge >= 0.3 is 5.97 Å². The zero-order valence-corrected chi connectivity index (χ0v) is 10.9. The largest absolute Gasteiger partial charge is 0.464 e. The van der Waals surface area contributed by atoms with Gasteiger partial charge in [0.05, 0.1) is 12.8 Å². The highest BCUT2D eigenvalue weighted by Gasteiger charge is 2.12. The third-order valence-corrected chi connectivity index (χ3v) is 2.36. The summed E-state index contributed by atoms with van der Waals surface area (Å²) in [5, 5.41) is 0. The molecule has 0 saturated heterocycles. The number of rotatable bonds is 1. The normalized spacial score (nSPS) is 12.5. The topological polar surface area (TPSA) is 64.7 Å². The lowest BCUT2D eigenvalue weighted by molar-refractivity contribution is -0.132. The SMILES string of the molecule is CC.COC(=O)C1=Nc2cc(N)ccc2CC=C1. The second kappa shape index (κ2) is 6.59. The van der Waals surface area contributed by atoms with Crippen molar-refractivity contribution in [2.75, 3.05) is 12.8 Å². The number of esters is 1. The lowest BCUT2D eigenvalue weighted by atomic mass is 10.1. The first-order chi connectivity index (χ1) is 8.70. The van der Waals surface area contributed by atoms with Crippen molar-refractivity contribution in [2.24, 2.45) is 4.99 Å². The maximum atomic E-state index is 11.4. The molecule has 0 atom stereocenters. The fraction of sp³-hybridized carbons (Fsp3) is 0.286. The molecule has 0 aromatic heterocycles. The van der Waals surface area contributed by atoms with E-state index in [2.05, 4.69) is 9.73 Å². The number of aliphatic imine (C=N–C) groups is 1. The van der Waals surface area contributed by atoms with Crippen molar-refractivity contribution in [3.05, 3.63) is 35.9 Å². The fourth-order valence-corrected chi connectivity index (χ4v) is 1.54. The minimum absolute atomic E-state index is 0.298. The van der Waals surface area contributed by atoms with Crippen LogP contribution in [0.4, 0.5) is 11.4 Å². The quantitative estimate of drug-likeness (QED) is 0.612. The minimum atomic E-state index is -0.438. The van der Waals surface area contributed by atoms with Gasteiger partial charge in [-0.2, -0.15) is 0 Å². The molecule has 0 saturated carbocycles. The summed E-state index contributed by atoms with van der Waals surface area (Å²) in [4.78, 5) is 15.6. The van der Waals surface area contributed by atoms with Crippen LogP contribution in [0.3, 0.4) is 0 Å². The average Bonchev–Trinajstić information content (AvgIpc) is 2.61. The molecule has 1 aliphatic rings. The van der Waals surface area contributed by atoms with E-state index in [1.54, 1.807) is 12.1 Å². The highest BCUT2D eigenvalue weighted by Crippen LogP contribution is 2.25. The van der Waals surface area contributed by atoms with Crippen LogP contribution < -0.4 is 5.73 Å². The number of carbonyl (C=O) groups is 1. The molecule has 0 bridgehead atoms. The van der Waals surface area contributed by atoms with E-state index in [4.69, 9.17) is 5.73 Å². The minimum Gasteiger partial charge on any atom is -0.464 e. The van der Waals surface area contributed by atoms with Crippen LogP contribution in [0.5, 0.6) is 0 Å². The molecule has 96 valence electrons. The van der Waals surface area contributed by atoms with Crippen LogP contribution in [0.2, 0.25) is 0 Å². The molecule has 1 heterocycles. The predicted octanol–water partition coefficient (Wildman–Crippen LogP) is 2.65. The third-order valence-electron chi connectivity index (χ3n) is 2.36. The second-order valence-electron chi connectivity index (χ2n) is 3.48. The number of hydrogen-bond acceptors (Lipinski definition) is 4.